The lowest BCUT2D eigenvalue weighted by atomic mass is 9.73. The molecule has 8 heteroatoms. The molecule has 0 saturated heterocycles. The number of phosphoric acid groups is 1. The number of carbonyl (C=O) groups is 1. The first-order chi connectivity index (χ1) is 17.9. The zero-order valence-electron chi connectivity index (χ0n) is 23.6. The van der Waals surface area contributed by atoms with Crippen LogP contribution < -0.4 is 4.74 Å². The van der Waals surface area contributed by atoms with Crippen LogP contribution in [0.3, 0.4) is 0 Å². The first-order valence-corrected chi connectivity index (χ1v) is 15.5. The van der Waals surface area contributed by atoms with E-state index in [4.69, 9.17) is 13.8 Å². The third kappa shape index (κ3) is 7.59. The van der Waals surface area contributed by atoms with Gasteiger partial charge in [-0.15, -0.1) is 0 Å². The Kier molecular flexibility index (Phi) is 10.4. The molecule has 0 radical (unpaired) electrons. The predicted octanol–water partition coefficient (Wildman–Crippen LogP) is 7.76. The number of aryl methyl sites for hydroxylation is 1. The third-order valence-electron chi connectivity index (χ3n) is 7.66. The number of ether oxygens (including phenoxy) is 1. The molecule has 1 aromatic carbocycles. The van der Waals surface area contributed by atoms with Crippen LogP contribution in [0.15, 0.2) is 35.9 Å². The summed E-state index contributed by atoms with van der Waals surface area (Å²) >= 11 is 0. The van der Waals surface area contributed by atoms with Gasteiger partial charge in [0.25, 0.3) is 0 Å². The van der Waals surface area contributed by atoms with Crippen molar-refractivity contribution in [2.45, 2.75) is 104 Å². The molecular weight excluding hydrogens is 503 g/mol. The van der Waals surface area contributed by atoms with Crippen LogP contribution in [-0.2, 0) is 24.8 Å². The molecule has 1 fully saturated rings. The number of hydrogen-bond acceptors (Lipinski definition) is 6. The van der Waals surface area contributed by atoms with Gasteiger partial charge in [-0.05, 0) is 94.7 Å². The van der Waals surface area contributed by atoms with Gasteiger partial charge < -0.3 is 14.7 Å². The molecule has 0 amide bonds. The maximum atomic E-state index is 13.7. The minimum absolute atomic E-state index is 0.0588. The van der Waals surface area contributed by atoms with Crippen molar-refractivity contribution >= 4 is 13.8 Å². The van der Waals surface area contributed by atoms with Gasteiger partial charge in [-0.25, -0.2) is 9.36 Å². The number of esters is 1. The first-order valence-electron chi connectivity index (χ1n) is 14.0. The number of benzene rings is 1. The molecule has 2 aliphatic rings. The maximum Gasteiger partial charge on any atom is 0.473 e. The highest BCUT2D eigenvalue weighted by atomic mass is 31.2. The van der Waals surface area contributed by atoms with Gasteiger partial charge in [0.1, 0.15) is 11.5 Å². The van der Waals surface area contributed by atoms with Gasteiger partial charge in [-0.2, -0.15) is 0 Å². The minimum Gasteiger partial charge on any atom is -0.507 e. The van der Waals surface area contributed by atoms with Gasteiger partial charge in [-0.3, -0.25) is 9.05 Å². The van der Waals surface area contributed by atoms with Crippen molar-refractivity contribution in [1.82, 2.24) is 0 Å². The molecule has 3 atom stereocenters. The highest BCUT2D eigenvalue weighted by molar-refractivity contribution is 7.47. The predicted molar refractivity (Wildman–Crippen MR) is 149 cm³/mol. The van der Waals surface area contributed by atoms with Crippen molar-refractivity contribution in [1.29, 1.82) is 0 Å². The molecule has 7 nitrogen and oxygen atoms in total. The highest BCUT2D eigenvalue weighted by Crippen LogP contribution is 2.53. The quantitative estimate of drug-likeness (QED) is 0.119. The van der Waals surface area contributed by atoms with Crippen molar-refractivity contribution in [2.24, 2.45) is 11.8 Å². The lowest BCUT2D eigenvalue weighted by Gasteiger charge is -2.33. The molecule has 38 heavy (non-hydrogen) atoms. The van der Waals surface area contributed by atoms with E-state index in [-0.39, 0.29) is 42.8 Å². The standard InChI is InChI=1S/C30H45O7P/c1-7-10-23-18-26(31)28(25-17-22(6)11-12-24(25)21(4)5)27(19-23)36-29(32)30(14-8-9-15-30)37-38(33,34)35-16-13-20(2)3/h17-20,24-25,31H,4,7-16H2,1-3,5-6H3,(H,33,34)/t24-,25+/m0/s1. The summed E-state index contributed by atoms with van der Waals surface area (Å²) in [5, 5.41) is 11.2. The number of rotatable bonds is 12. The average molecular weight is 549 g/mol. The second kappa shape index (κ2) is 13.0. The molecule has 0 aromatic heterocycles. The summed E-state index contributed by atoms with van der Waals surface area (Å²) in [5.41, 5.74) is 2.02. The Balaban J connectivity index is 1.98. The maximum absolute atomic E-state index is 13.7. The van der Waals surface area contributed by atoms with Crippen LogP contribution >= 0.6 is 7.82 Å². The average Bonchev–Trinajstić information content (AvgIpc) is 3.27. The van der Waals surface area contributed by atoms with Crippen LogP contribution in [0.4, 0.5) is 0 Å². The monoisotopic (exact) mass is 548 g/mol. The van der Waals surface area contributed by atoms with E-state index in [2.05, 4.69) is 19.6 Å². The summed E-state index contributed by atoms with van der Waals surface area (Å²) < 4.78 is 29.6. The molecule has 0 bridgehead atoms. The molecule has 1 unspecified atom stereocenters. The zero-order valence-corrected chi connectivity index (χ0v) is 24.5. The Morgan fingerprint density at radius 3 is 2.55 bits per heavy atom. The molecule has 2 N–H and O–H groups in total. The molecule has 3 rings (SSSR count). The van der Waals surface area contributed by atoms with Gasteiger partial charge in [0.2, 0.25) is 0 Å². The van der Waals surface area contributed by atoms with Crippen LogP contribution in [0.25, 0.3) is 0 Å². The summed E-state index contributed by atoms with van der Waals surface area (Å²) in [5.74, 6) is -0.209. The third-order valence-corrected chi connectivity index (χ3v) is 8.75. The molecule has 212 valence electrons. The molecule has 2 aliphatic carbocycles. The van der Waals surface area contributed by atoms with Gasteiger partial charge >= 0.3 is 13.8 Å². The van der Waals surface area contributed by atoms with E-state index >= 15 is 0 Å². The second-order valence-corrected chi connectivity index (χ2v) is 12.9. The van der Waals surface area contributed by atoms with E-state index < -0.39 is 19.4 Å². The van der Waals surface area contributed by atoms with Gasteiger partial charge in [0, 0.05) is 11.5 Å². The largest absolute Gasteiger partial charge is 0.507 e. The normalized spacial score (nSPS) is 22.7. The Hall–Kier alpha value is -1.92. The van der Waals surface area contributed by atoms with Crippen LogP contribution in [0.1, 0.15) is 103 Å². The Morgan fingerprint density at radius 2 is 1.95 bits per heavy atom. The number of phenols is 1. The number of hydrogen-bond donors (Lipinski definition) is 2. The highest BCUT2D eigenvalue weighted by Gasteiger charge is 2.50. The number of carbonyl (C=O) groups excluding carboxylic acids is 1. The topological polar surface area (TPSA) is 102 Å². The second-order valence-electron chi connectivity index (χ2n) is 11.5. The molecular formula is C30H45O7P. The summed E-state index contributed by atoms with van der Waals surface area (Å²) in [7, 11) is -4.49. The van der Waals surface area contributed by atoms with Crippen LogP contribution in [0.2, 0.25) is 0 Å². The van der Waals surface area contributed by atoms with E-state index in [0.717, 1.165) is 30.4 Å². The van der Waals surface area contributed by atoms with E-state index in [9.17, 15) is 19.4 Å². The fraction of sp³-hybridized carbons (Fsp3) is 0.633. The van der Waals surface area contributed by atoms with Crippen LogP contribution in [0, 0.1) is 11.8 Å². The molecule has 0 aliphatic heterocycles. The summed E-state index contributed by atoms with van der Waals surface area (Å²) in [4.78, 5) is 24.2. The Labute approximate surface area is 227 Å². The lowest BCUT2D eigenvalue weighted by molar-refractivity contribution is -0.153. The Bertz CT molecular complexity index is 1080. The van der Waals surface area contributed by atoms with Crippen molar-refractivity contribution in [3.8, 4) is 11.5 Å². The van der Waals surface area contributed by atoms with Gasteiger partial charge in [0.05, 0.1) is 6.61 Å². The van der Waals surface area contributed by atoms with Crippen LogP contribution in [-0.4, -0.2) is 28.2 Å². The summed E-state index contributed by atoms with van der Waals surface area (Å²) in [6.45, 7) is 14.3. The summed E-state index contributed by atoms with van der Waals surface area (Å²) in [6.07, 6.45) is 7.97. The van der Waals surface area contributed by atoms with Crippen molar-refractivity contribution in [2.75, 3.05) is 6.61 Å². The van der Waals surface area contributed by atoms with E-state index in [1.54, 1.807) is 6.07 Å². The van der Waals surface area contributed by atoms with E-state index in [1.807, 2.05) is 33.8 Å². The van der Waals surface area contributed by atoms with Gasteiger partial charge in [0.15, 0.2) is 5.60 Å². The van der Waals surface area contributed by atoms with Crippen molar-refractivity contribution in [3.63, 3.8) is 0 Å². The number of aromatic hydroxyl groups is 1. The lowest BCUT2D eigenvalue weighted by Crippen LogP contribution is -2.41. The SMILES string of the molecule is C=C(C)[C@@H]1CCC(C)=C[C@H]1c1c(O)cc(CCC)cc1OC(=O)C1(OP(=O)(O)OCCC(C)C)CCCC1. The molecule has 0 spiro atoms. The van der Waals surface area contributed by atoms with Gasteiger partial charge in [-0.1, -0.05) is 51.0 Å². The van der Waals surface area contributed by atoms with Crippen molar-refractivity contribution < 1.29 is 33.1 Å². The molecule has 1 saturated carbocycles. The summed E-state index contributed by atoms with van der Waals surface area (Å²) in [6, 6.07) is 3.56. The van der Waals surface area contributed by atoms with Crippen molar-refractivity contribution in [3.05, 3.63) is 47.1 Å². The van der Waals surface area contributed by atoms with E-state index in [1.165, 1.54) is 5.57 Å². The van der Waals surface area contributed by atoms with Crippen LogP contribution in [0.5, 0.6) is 11.5 Å². The molecule has 1 aromatic rings. The fourth-order valence-corrected chi connectivity index (χ4v) is 6.64. The Morgan fingerprint density at radius 1 is 1.26 bits per heavy atom. The number of phosphoric ester groups is 1. The smallest absolute Gasteiger partial charge is 0.473 e. The molecule has 0 heterocycles. The fourth-order valence-electron chi connectivity index (χ4n) is 5.55. The van der Waals surface area contributed by atoms with E-state index in [0.29, 0.717) is 37.2 Å². The minimum atomic E-state index is -4.49. The number of allylic oxidation sites excluding steroid dienone is 3. The first kappa shape index (κ1) is 30.6. The number of phenolic OH excluding ortho intramolecular Hbond substituents is 1. The zero-order chi connectivity index (χ0) is 28.1.